The summed E-state index contributed by atoms with van der Waals surface area (Å²) in [6.07, 6.45) is 1.14. The van der Waals surface area contributed by atoms with E-state index < -0.39 is 0 Å². The van der Waals surface area contributed by atoms with E-state index in [0.717, 1.165) is 25.1 Å². The Kier molecular flexibility index (Phi) is 3.74. The molecule has 0 saturated carbocycles. The van der Waals surface area contributed by atoms with Gasteiger partial charge in [-0.2, -0.15) is 0 Å². The SMILES string of the molecule is COc1ccc(CN2CC(C)Cc3ccccc32)cc1O. The minimum absolute atomic E-state index is 0.202. The average Bonchev–Trinajstić information content (AvgIpc) is 2.47. The molecule has 1 heterocycles. The van der Waals surface area contributed by atoms with Crippen molar-refractivity contribution in [3.8, 4) is 11.5 Å². The van der Waals surface area contributed by atoms with Crippen molar-refractivity contribution in [3.05, 3.63) is 53.6 Å². The van der Waals surface area contributed by atoms with Crippen LogP contribution in [0.2, 0.25) is 0 Å². The van der Waals surface area contributed by atoms with Gasteiger partial charge in [-0.05, 0) is 41.7 Å². The van der Waals surface area contributed by atoms with E-state index >= 15 is 0 Å². The van der Waals surface area contributed by atoms with E-state index in [2.05, 4.69) is 36.1 Å². The minimum Gasteiger partial charge on any atom is -0.504 e. The maximum absolute atomic E-state index is 9.92. The Morgan fingerprint density at radius 3 is 2.81 bits per heavy atom. The third kappa shape index (κ3) is 2.82. The zero-order chi connectivity index (χ0) is 14.8. The molecule has 0 spiro atoms. The number of phenolic OH excluding ortho intramolecular Hbond substituents is 1. The lowest BCUT2D eigenvalue weighted by Crippen LogP contribution is -2.33. The molecule has 0 aliphatic carbocycles. The summed E-state index contributed by atoms with van der Waals surface area (Å²) in [4.78, 5) is 2.39. The van der Waals surface area contributed by atoms with E-state index in [1.54, 1.807) is 13.2 Å². The van der Waals surface area contributed by atoms with Crippen LogP contribution in [0.1, 0.15) is 18.1 Å². The van der Waals surface area contributed by atoms with Crippen LogP contribution in [-0.4, -0.2) is 18.8 Å². The molecule has 1 aliphatic rings. The molecule has 1 atom stereocenters. The first-order valence-electron chi connectivity index (χ1n) is 7.36. The molecule has 1 aliphatic heterocycles. The van der Waals surface area contributed by atoms with Crippen LogP contribution in [0.5, 0.6) is 11.5 Å². The Hall–Kier alpha value is -2.16. The highest BCUT2D eigenvalue weighted by atomic mass is 16.5. The number of rotatable bonds is 3. The summed E-state index contributed by atoms with van der Waals surface area (Å²) >= 11 is 0. The highest BCUT2D eigenvalue weighted by Gasteiger charge is 2.21. The van der Waals surface area contributed by atoms with Crippen LogP contribution in [0.3, 0.4) is 0 Å². The van der Waals surface area contributed by atoms with E-state index in [1.807, 2.05) is 12.1 Å². The number of hydrogen-bond donors (Lipinski definition) is 1. The molecule has 3 heteroatoms. The van der Waals surface area contributed by atoms with Crippen LogP contribution >= 0.6 is 0 Å². The third-order valence-corrected chi connectivity index (χ3v) is 4.05. The monoisotopic (exact) mass is 283 g/mol. The number of aromatic hydroxyl groups is 1. The maximum atomic E-state index is 9.92. The number of phenols is 1. The Morgan fingerprint density at radius 1 is 1.24 bits per heavy atom. The number of anilines is 1. The maximum Gasteiger partial charge on any atom is 0.160 e. The van der Waals surface area contributed by atoms with Crippen LogP contribution in [0.4, 0.5) is 5.69 Å². The molecular formula is C18H21NO2. The molecule has 0 aromatic heterocycles. The fraction of sp³-hybridized carbons (Fsp3) is 0.333. The molecule has 0 saturated heterocycles. The van der Waals surface area contributed by atoms with Crippen molar-refractivity contribution in [1.29, 1.82) is 0 Å². The number of para-hydroxylation sites is 1. The van der Waals surface area contributed by atoms with E-state index in [1.165, 1.54) is 11.3 Å². The lowest BCUT2D eigenvalue weighted by molar-refractivity contribution is 0.373. The molecule has 0 bridgehead atoms. The molecule has 21 heavy (non-hydrogen) atoms. The van der Waals surface area contributed by atoms with Gasteiger partial charge < -0.3 is 14.7 Å². The summed E-state index contributed by atoms with van der Waals surface area (Å²) in [5.41, 5.74) is 3.82. The second kappa shape index (κ2) is 5.68. The first-order chi connectivity index (χ1) is 10.2. The molecule has 0 amide bonds. The van der Waals surface area contributed by atoms with Crippen molar-refractivity contribution in [2.24, 2.45) is 5.92 Å². The number of ether oxygens (including phenoxy) is 1. The molecule has 0 fully saturated rings. The third-order valence-electron chi connectivity index (χ3n) is 4.05. The van der Waals surface area contributed by atoms with Crippen molar-refractivity contribution in [3.63, 3.8) is 0 Å². The summed E-state index contributed by atoms with van der Waals surface area (Å²) in [5, 5.41) is 9.92. The molecule has 110 valence electrons. The molecular weight excluding hydrogens is 262 g/mol. The van der Waals surface area contributed by atoms with Crippen molar-refractivity contribution in [2.75, 3.05) is 18.6 Å². The topological polar surface area (TPSA) is 32.7 Å². The van der Waals surface area contributed by atoms with E-state index in [9.17, 15) is 5.11 Å². The predicted octanol–water partition coefficient (Wildman–Crippen LogP) is 3.60. The highest BCUT2D eigenvalue weighted by molar-refractivity contribution is 5.56. The minimum atomic E-state index is 0.202. The molecule has 3 rings (SSSR count). The Morgan fingerprint density at radius 2 is 2.05 bits per heavy atom. The molecule has 1 N–H and O–H groups in total. The van der Waals surface area contributed by atoms with Gasteiger partial charge in [0.2, 0.25) is 0 Å². The Labute approximate surface area is 125 Å². The number of hydrogen-bond acceptors (Lipinski definition) is 3. The smallest absolute Gasteiger partial charge is 0.160 e. The zero-order valence-electron chi connectivity index (χ0n) is 12.5. The van der Waals surface area contributed by atoms with Crippen LogP contribution < -0.4 is 9.64 Å². The largest absolute Gasteiger partial charge is 0.504 e. The molecule has 3 nitrogen and oxygen atoms in total. The molecule has 1 unspecified atom stereocenters. The van der Waals surface area contributed by atoms with Gasteiger partial charge in [0, 0.05) is 18.8 Å². The predicted molar refractivity (Wildman–Crippen MR) is 85.0 cm³/mol. The van der Waals surface area contributed by atoms with Crippen molar-refractivity contribution in [2.45, 2.75) is 19.9 Å². The number of methoxy groups -OCH3 is 1. The lowest BCUT2D eigenvalue weighted by atomic mass is 9.93. The summed E-state index contributed by atoms with van der Waals surface area (Å²) in [6.45, 7) is 4.14. The van der Waals surface area contributed by atoms with Gasteiger partial charge in [-0.15, -0.1) is 0 Å². The van der Waals surface area contributed by atoms with Crippen LogP contribution in [0.15, 0.2) is 42.5 Å². The van der Waals surface area contributed by atoms with Gasteiger partial charge in [-0.25, -0.2) is 0 Å². The Balaban J connectivity index is 1.86. The normalized spacial score (nSPS) is 17.4. The number of nitrogens with zero attached hydrogens (tertiary/aromatic N) is 1. The van der Waals surface area contributed by atoms with Gasteiger partial charge in [0.15, 0.2) is 11.5 Å². The molecule has 0 radical (unpaired) electrons. The van der Waals surface area contributed by atoms with Crippen LogP contribution in [0.25, 0.3) is 0 Å². The van der Waals surface area contributed by atoms with Crippen molar-refractivity contribution in [1.82, 2.24) is 0 Å². The Bertz CT molecular complexity index is 639. The van der Waals surface area contributed by atoms with Crippen LogP contribution in [0, 0.1) is 5.92 Å². The van der Waals surface area contributed by atoms with Gasteiger partial charge in [0.25, 0.3) is 0 Å². The quantitative estimate of drug-likeness (QED) is 0.934. The fourth-order valence-corrected chi connectivity index (χ4v) is 3.11. The molecule has 2 aromatic carbocycles. The van der Waals surface area contributed by atoms with Crippen LogP contribution in [-0.2, 0) is 13.0 Å². The van der Waals surface area contributed by atoms with Gasteiger partial charge >= 0.3 is 0 Å². The highest BCUT2D eigenvalue weighted by Crippen LogP contribution is 2.32. The molecule has 2 aromatic rings. The van der Waals surface area contributed by atoms with E-state index in [4.69, 9.17) is 4.74 Å². The van der Waals surface area contributed by atoms with Crippen molar-refractivity contribution < 1.29 is 9.84 Å². The van der Waals surface area contributed by atoms with E-state index in [-0.39, 0.29) is 5.75 Å². The van der Waals surface area contributed by atoms with E-state index in [0.29, 0.717) is 11.7 Å². The van der Waals surface area contributed by atoms with Crippen molar-refractivity contribution >= 4 is 5.69 Å². The van der Waals surface area contributed by atoms with Gasteiger partial charge in [-0.3, -0.25) is 0 Å². The standard InChI is InChI=1S/C18H21NO2/c1-13-9-15-5-3-4-6-16(15)19(11-13)12-14-7-8-18(21-2)17(20)10-14/h3-8,10,13,20H,9,11-12H2,1-2H3. The first-order valence-corrected chi connectivity index (χ1v) is 7.36. The number of benzene rings is 2. The fourth-order valence-electron chi connectivity index (χ4n) is 3.11. The second-order valence-electron chi connectivity index (χ2n) is 5.82. The zero-order valence-corrected chi connectivity index (χ0v) is 12.5. The lowest BCUT2D eigenvalue weighted by Gasteiger charge is -2.35. The summed E-state index contributed by atoms with van der Waals surface area (Å²) in [7, 11) is 1.57. The second-order valence-corrected chi connectivity index (χ2v) is 5.82. The number of fused-ring (bicyclic) bond motifs is 1. The van der Waals surface area contributed by atoms with Gasteiger partial charge in [-0.1, -0.05) is 31.2 Å². The summed E-state index contributed by atoms with van der Waals surface area (Å²) in [5.74, 6) is 1.37. The summed E-state index contributed by atoms with van der Waals surface area (Å²) < 4.78 is 5.10. The first kappa shape index (κ1) is 13.8. The summed E-state index contributed by atoms with van der Waals surface area (Å²) in [6, 6.07) is 14.2. The average molecular weight is 283 g/mol. The van der Waals surface area contributed by atoms with Gasteiger partial charge in [0.1, 0.15) is 0 Å². The van der Waals surface area contributed by atoms with Gasteiger partial charge in [0.05, 0.1) is 7.11 Å².